The Morgan fingerprint density at radius 1 is 1.19 bits per heavy atom. The third-order valence-corrected chi connectivity index (χ3v) is 5.42. The van der Waals surface area contributed by atoms with Gasteiger partial charge in [-0.05, 0) is 36.2 Å². The third kappa shape index (κ3) is 3.37. The Kier molecular flexibility index (Phi) is 4.78. The van der Waals surface area contributed by atoms with Crippen molar-refractivity contribution in [2.75, 3.05) is 25.1 Å². The molecule has 0 atom stereocenters. The maximum atomic E-state index is 13.1. The number of amidine groups is 1. The van der Waals surface area contributed by atoms with Crippen LogP contribution in [0, 0.1) is 0 Å². The first-order chi connectivity index (χ1) is 15.2. The number of methoxy groups -OCH3 is 1. The molecule has 0 saturated heterocycles. The summed E-state index contributed by atoms with van der Waals surface area (Å²) in [5, 5.41) is 7.33. The number of anilines is 1. The van der Waals surface area contributed by atoms with E-state index in [1.54, 1.807) is 11.7 Å². The predicted octanol–water partition coefficient (Wildman–Crippen LogP) is 1.33. The van der Waals surface area contributed by atoms with Gasteiger partial charge in [0.05, 0.1) is 12.8 Å². The lowest BCUT2D eigenvalue weighted by atomic mass is 10.1. The lowest BCUT2D eigenvalue weighted by molar-refractivity contribution is -0.122. The molecule has 2 aliphatic rings. The maximum absolute atomic E-state index is 13.1. The number of rotatable bonds is 5. The SMILES string of the molecule is COc1cccc(CNC(=O)Cn2nc3n(c2=O)-c2ccccc2C2=NCCCN23)c1. The Hall–Kier alpha value is -3.88. The zero-order chi connectivity index (χ0) is 21.4. The van der Waals surface area contributed by atoms with Crippen molar-refractivity contribution < 1.29 is 9.53 Å². The number of nitrogens with one attached hydrogen (secondary N) is 1. The molecule has 3 aromatic rings. The van der Waals surface area contributed by atoms with Crippen LogP contribution >= 0.6 is 0 Å². The van der Waals surface area contributed by atoms with Crippen LogP contribution in [0.4, 0.5) is 5.95 Å². The summed E-state index contributed by atoms with van der Waals surface area (Å²) in [7, 11) is 1.60. The molecule has 5 rings (SSSR count). The lowest BCUT2D eigenvalue weighted by Gasteiger charge is -2.33. The molecule has 0 bridgehead atoms. The fourth-order valence-corrected chi connectivity index (χ4v) is 3.95. The minimum Gasteiger partial charge on any atom is -0.497 e. The molecule has 158 valence electrons. The smallest absolute Gasteiger partial charge is 0.352 e. The molecule has 9 heteroatoms. The average Bonchev–Trinajstić information content (AvgIpc) is 3.14. The van der Waals surface area contributed by atoms with Gasteiger partial charge in [-0.1, -0.05) is 24.3 Å². The van der Waals surface area contributed by atoms with Crippen LogP contribution in [0.5, 0.6) is 5.75 Å². The molecule has 1 amide bonds. The molecule has 1 aromatic heterocycles. The molecule has 0 aliphatic carbocycles. The van der Waals surface area contributed by atoms with Gasteiger partial charge in [-0.15, -0.1) is 5.10 Å². The molecular weight excluding hydrogens is 396 g/mol. The van der Waals surface area contributed by atoms with Crippen LogP contribution in [0.25, 0.3) is 5.69 Å². The first kappa shape index (κ1) is 19.1. The van der Waals surface area contributed by atoms with Crippen LogP contribution in [-0.2, 0) is 17.9 Å². The number of aromatic nitrogens is 3. The summed E-state index contributed by atoms with van der Waals surface area (Å²) in [5.41, 5.74) is 2.21. The van der Waals surface area contributed by atoms with Gasteiger partial charge in [-0.3, -0.25) is 14.7 Å². The van der Waals surface area contributed by atoms with Gasteiger partial charge in [-0.2, -0.15) is 0 Å². The molecule has 31 heavy (non-hydrogen) atoms. The standard InChI is InChI=1S/C22H22N6O3/c1-31-16-7-4-6-15(12-16)13-24-19(29)14-27-22(30)28-18-9-3-2-8-17(18)20-23-10-5-11-26(20)21(28)25-27/h2-4,6-9,12H,5,10-11,13-14H2,1H3,(H,24,29). The van der Waals surface area contributed by atoms with Crippen molar-refractivity contribution in [1.29, 1.82) is 0 Å². The van der Waals surface area contributed by atoms with Gasteiger partial charge < -0.3 is 10.1 Å². The first-order valence-corrected chi connectivity index (χ1v) is 10.2. The summed E-state index contributed by atoms with van der Waals surface area (Å²) < 4.78 is 7.98. The Balaban J connectivity index is 1.41. The van der Waals surface area contributed by atoms with Crippen molar-refractivity contribution >= 4 is 17.7 Å². The van der Waals surface area contributed by atoms with Gasteiger partial charge in [0.2, 0.25) is 11.9 Å². The van der Waals surface area contributed by atoms with Crippen molar-refractivity contribution in [3.05, 3.63) is 70.1 Å². The maximum Gasteiger partial charge on any atom is 0.352 e. The molecule has 0 unspecified atom stereocenters. The number of hydrogen-bond acceptors (Lipinski definition) is 6. The van der Waals surface area contributed by atoms with Crippen LogP contribution in [0.2, 0.25) is 0 Å². The van der Waals surface area contributed by atoms with Crippen LogP contribution in [0.15, 0.2) is 58.3 Å². The predicted molar refractivity (Wildman–Crippen MR) is 116 cm³/mol. The minimum atomic E-state index is -0.344. The van der Waals surface area contributed by atoms with Crippen molar-refractivity contribution in [3.63, 3.8) is 0 Å². The zero-order valence-electron chi connectivity index (χ0n) is 17.1. The van der Waals surface area contributed by atoms with E-state index < -0.39 is 0 Å². The second kappa shape index (κ2) is 7.75. The number of fused-ring (bicyclic) bond motifs is 6. The summed E-state index contributed by atoms with van der Waals surface area (Å²) in [6.07, 6.45) is 0.883. The van der Waals surface area contributed by atoms with Crippen LogP contribution < -0.4 is 20.6 Å². The number of ether oxygens (including phenoxy) is 1. The van der Waals surface area contributed by atoms with Crippen molar-refractivity contribution in [2.45, 2.75) is 19.5 Å². The van der Waals surface area contributed by atoms with E-state index in [2.05, 4.69) is 15.4 Å². The number of benzene rings is 2. The Morgan fingerprint density at radius 2 is 2.06 bits per heavy atom. The Bertz CT molecular complexity index is 1240. The minimum absolute atomic E-state index is 0.161. The fraction of sp³-hybridized carbons (Fsp3) is 0.273. The summed E-state index contributed by atoms with van der Waals surface area (Å²) in [6, 6.07) is 15.1. The summed E-state index contributed by atoms with van der Waals surface area (Å²) in [4.78, 5) is 32.3. The Morgan fingerprint density at radius 3 is 2.94 bits per heavy atom. The van der Waals surface area contributed by atoms with E-state index in [0.717, 1.165) is 47.9 Å². The van der Waals surface area contributed by atoms with E-state index in [-0.39, 0.29) is 18.1 Å². The number of para-hydroxylation sites is 1. The van der Waals surface area contributed by atoms with Gasteiger partial charge in [0.1, 0.15) is 18.1 Å². The second-order valence-electron chi connectivity index (χ2n) is 7.43. The highest BCUT2D eigenvalue weighted by molar-refractivity contribution is 6.13. The molecule has 2 aromatic carbocycles. The number of hydrogen-bond donors (Lipinski definition) is 1. The average molecular weight is 418 g/mol. The van der Waals surface area contributed by atoms with E-state index in [4.69, 9.17) is 4.74 Å². The summed E-state index contributed by atoms with van der Waals surface area (Å²) >= 11 is 0. The largest absolute Gasteiger partial charge is 0.497 e. The van der Waals surface area contributed by atoms with Gasteiger partial charge in [-0.25, -0.2) is 14.0 Å². The van der Waals surface area contributed by atoms with Crippen molar-refractivity contribution in [2.24, 2.45) is 4.99 Å². The van der Waals surface area contributed by atoms with E-state index >= 15 is 0 Å². The first-order valence-electron chi connectivity index (χ1n) is 10.2. The van der Waals surface area contributed by atoms with E-state index in [1.165, 1.54) is 4.68 Å². The van der Waals surface area contributed by atoms with Gasteiger partial charge in [0.25, 0.3) is 0 Å². The molecule has 0 spiro atoms. The highest BCUT2D eigenvalue weighted by Crippen LogP contribution is 2.29. The molecule has 9 nitrogen and oxygen atoms in total. The van der Waals surface area contributed by atoms with E-state index in [0.29, 0.717) is 12.5 Å². The van der Waals surface area contributed by atoms with Crippen LogP contribution in [0.3, 0.4) is 0 Å². The summed E-state index contributed by atoms with van der Waals surface area (Å²) in [6.45, 7) is 1.65. The quantitative estimate of drug-likeness (QED) is 0.675. The van der Waals surface area contributed by atoms with Gasteiger partial charge in [0.15, 0.2) is 0 Å². The monoisotopic (exact) mass is 418 g/mol. The summed E-state index contributed by atoms with van der Waals surface area (Å²) in [5.74, 6) is 1.76. The van der Waals surface area contributed by atoms with Crippen LogP contribution in [-0.4, -0.2) is 46.3 Å². The number of aliphatic imine (C=N–C) groups is 1. The molecule has 0 saturated carbocycles. The molecule has 3 heterocycles. The van der Waals surface area contributed by atoms with Crippen LogP contribution in [0.1, 0.15) is 17.5 Å². The van der Waals surface area contributed by atoms with Crippen molar-refractivity contribution in [1.82, 2.24) is 19.7 Å². The molecule has 2 aliphatic heterocycles. The molecule has 0 radical (unpaired) electrons. The van der Waals surface area contributed by atoms with Gasteiger partial charge in [0, 0.05) is 25.2 Å². The van der Waals surface area contributed by atoms with Gasteiger partial charge >= 0.3 is 5.69 Å². The Labute approximate surface area is 178 Å². The van der Waals surface area contributed by atoms with Crippen molar-refractivity contribution in [3.8, 4) is 11.4 Å². The molecule has 0 fully saturated rings. The number of amides is 1. The normalized spacial score (nSPS) is 14.2. The van der Waals surface area contributed by atoms with E-state index in [9.17, 15) is 9.59 Å². The fourth-order valence-electron chi connectivity index (χ4n) is 3.95. The topological polar surface area (TPSA) is 93.8 Å². The molecule has 1 N–H and O–H groups in total. The number of nitrogens with zero attached hydrogens (tertiary/aromatic N) is 5. The zero-order valence-corrected chi connectivity index (χ0v) is 17.1. The second-order valence-corrected chi connectivity index (χ2v) is 7.43. The highest BCUT2D eigenvalue weighted by atomic mass is 16.5. The lowest BCUT2D eigenvalue weighted by Crippen LogP contribution is -2.42. The van der Waals surface area contributed by atoms with E-state index in [1.807, 2.05) is 53.4 Å². The highest BCUT2D eigenvalue weighted by Gasteiger charge is 2.33. The number of carbonyl (C=O) groups excluding carboxylic acids is 1. The molecular formula is C22H22N6O3. The number of carbonyl (C=O) groups is 1. The third-order valence-electron chi connectivity index (χ3n) is 5.42.